The van der Waals surface area contributed by atoms with Crippen LogP contribution in [0.2, 0.25) is 0 Å². The van der Waals surface area contributed by atoms with E-state index in [9.17, 15) is 9.59 Å². The Bertz CT molecular complexity index is 844. The number of carbonyl (C=O) groups is 2. The van der Waals surface area contributed by atoms with Crippen LogP contribution in [0, 0.1) is 0 Å². The molecule has 0 fully saturated rings. The summed E-state index contributed by atoms with van der Waals surface area (Å²) in [5.41, 5.74) is 1.04. The van der Waals surface area contributed by atoms with E-state index in [1.165, 1.54) is 0 Å². The van der Waals surface area contributed by atoms with Crippen LogP contribution < -0.4 is 20.1 Å². The maximum absolute atomic E-state index is 12.4. The van der Waals surface area contributed by atoms with Gasteiger partial charge in [-0.05, 0) is 57.0 Å². The van der Waals surface area contributed by atoms with E-state index in [-0.39, 0.29) is 28.7 Å². The molecule has 0 aliphatic rings. The number of nitrogens with zero attached hydrogens (tertiary/aromatic N) is 1. The Kier molecular flexibility index (Phi) is 6.98. The zero-order valence-electron chi connectivity index (χ0n) is 17.0. The largest absolute Gasteiger partial charge is 0.493 e. The van der Waals surface area contributed by atoms with Crippen LogP contribution in [0.4, 0.5) is 0 Å². The third-order valence-corrected chi connectivity index (χ3v) is 3.85. The van der Waals surface area contributed by atoms with E-state index in [0.29, 0.717) is 24.5 Å². The van der Waals surface area contributed by atoms with Gasteiger partial charge in [-0.25, -0.2) is 4.98 Å². The molecule has 7 nitrogen and oxygen atoms in total. The Hall–Kier alpha value is -3.09. The Balaban J connectivity index is 1.96. The van der Waals surface area contributed by atoms with Crippen LogP contribution in [0.3, 0.4) is 0 Å². The zero-order valence-corrected chi connectivity index (χ0v) is 17.0. The van der Waals surface area contributed by atoms with Gasteiger partial charge in [0, 0.05) is 12.1 Å². The quantitative estimate of drug-likeness (QED) is 0.765. The van der Waals surface area contributed by atoms with E-state index in [2.05, 4.69) is 15.6 Å². The fraction of sp³-hybridized carbons (Fsp3) is 0.381. The highest BCUT2D eigenvalue weighted by atomic mass is 16.5. The van der Waals surface area contributed by atoms with Crippen molar-refractivity contribution in [3.05, 3.63) is 53.3 Å². The molecule has 150 valence electrons. The summed E-state index contributed by atoms with van der Waals surface area (Å²) < 4.78 is 10.5. The number of pyridine rings is 1. The Morgan fingerprint density at radius 3 is 2.21 bits per heavy atom. The van der Waals surface area contributed by atoms with Crippen LogP contribution in [0.15, 0.2) is 36.4 Å². The van der Waals surface area contributed by atoms with Crippen LogP contribution >= 0.6 is 0 Å². The second kappa shape index (κ2) is 9.21. The van der Waals surface area contributed by atoms with Crippen molar-refractivity contribution < 1.29 is 19.1 Å². The number of aromatic nitrogens is 1. The maximum Gasteiger partial charge on any atom is 0.270 e. The summed E-state index contributed by atoms with van der Waals surface area (Å²) in [4.78, 5) is 28.8. The first-order chi connectivity index (χ1) is 13.2. The summed E-state index contributed by atoms with van der Waals surface area (Å²) in [6, 6.07) is 10.4. The number of rotatable bonds is 7. The standard InChI is InChI=1S/C21H27N3O4/c1-21(2,3)24-20(26)16-8-6-7-15(23-16)19(25)22-12-11-14-9-10-17(27-4)18(13-14)28-5/h6-10,13H,11-12H2,1-5H3,(H,22,25)(H,24,26). The van der Waals surface area contributed by atoms with Gasteiger partial charge in [0.1, 0.15) is 11.4 Å². The lowest BCUT2D eigenvalue weighted by Crippen LogP contribution is -2.41. The highest BCUT2D eigenvalue weighted by molar-refractivity contribution is 5.96. The lowest BCUT2D eigenvalue weighted by molar-refractivity contribution is 0.0914. The molecule has 1 aromatic carbocycles. The lowest BCUT2D eigenvalue weighted by atomic mass is 10.1. The van der Waals surface area contributed by atoms with Crippen molar-refractivity contribution in [1.29, 1.82) is 0 Å². The summed E-state index contributed by atoms with van der Waals surface area (Å²) in [7, 11) is 3.17. The third-order valence-electron chi connectivity index (χ3n) is 3.85. The van der Waals surface area contributed by atoms with Crippen LogP contribution in [0.25, 0.3) is 0 Å². The van der Waals surface area contributed by atoms with E-state index in [1.807, 2.05) is 39.0 Å². The van der Waals surface area contributed by atoms with Gasteiger partial charge in [-0.2, -0.15) is 0 Å². The molecule has 1 heterocycles. The molecule has 0 unspecified atom stereocenters. The molecule has 2 N–H and O–H groups in total. The highest BCUT2D eigenvalue weighted by Gasteiger charge is 2.17. The first-order valence-electron chi connectivity index (χ1n) is 9.02. The summed E-state index contributed by atoms with van der Waals surface area (Å²) in [6.45, 7) is 6.08. The predicted octanol–water partition coefficient (Wildman–Crippen LogP) is 2.60. The minimum atomic E-state index is -0.379. The van der Waals surface area contributed by atoms with Crippen LogP contribution in [0.5, 0.6) is 11.5 Å². The number of carbonyl (C=O) groups excluding carboxylic acids is 2. The summed E-state index contributed by atoms with van der Waals surface area (Å²) in [6.07, 6.45) is 0.621. The molecule has 2 amide bonds. The number of hydrogen-bond donors (Lipinski definition) is 2. The fourth-order valence-electron chi connectivity index (χ4n) is 2.54. The van der Waals surface area contributed by atoms with E-state index in [1.54, 1.807) is 32.4 Å². The summed E-state index contributed by atoms with van der Waals surface area (Å²) in [5.74, 6) is 0.661. The van der Waals surface area contributed by atoms with Crippen LogP contribution in [-0.2, 0) is 6.42 Å². The number of hydrogen-bond acceptors (Lipinski definition) is 5. The van der Waals surface area contributed by atoms with E-state index >= 15 is 0 Å². The van der Waals surface area contributed by atoms with Gasteiger partial charge in [0.15, 0.2) is 11.5 Å². The molecule has 7 heteroatoms. The second-order valence-electron chi connectivity index (χ2n) is 7.31. The summed E-state index contributed by atoms with van der Waals surface area (Å²) >= 11 is 0. The second-order valence-corrected chi connectivity index (χ2v) is 7.31. The van der Waals surface area contributed by atoms with Crippen molar-refractivity contribution in [2.24, 2.45) is 0 Å². The molecule has 0 spiro atoms. The molecule has 0 saturated carbocycles. The molecule has 0 atom stereocenters. The van der Waals surface area contributed by atoms with Gasteiger partial charge in [-0.15, -0.1) is 0 Å². The molecule has 1 aromatic heterocycles. The molecule has 0 aliphatic heterocycles. The average molecular weight is 385 g/mol. The topological polar surface area (TPSA) is 89.5 Å². The van der Waals surface area contributed by atoms with E-state index < -0.39 is 0 Å². The SMILES string of the molecule is COc1ccc(CCNC(=O)c2cccc(C(=O)NC(C)(C)C)n2)cc1OC. The zero-order chi connectivity index (χ0) is 20.7. The maximum atomic E-state index is 12.4. The average Bonchev–Trinajstić information content (AvgIpc) is 2.66. The number of benzene rings is 1. The van der Waals surface area contributed by atoms with E-state index in [4.69, 9.17) is 9.47 Å². The molecule has 0 saturated heterocycles. The lowest BCUT2D eigenvalue weighted by Gasteiger charge is -2.20. The summed E-state index contributed by atoms with van der Waals surface area (Å²) in [5, 5.41) is 5.65. The van der Waals surface area contributed by atoms with Gasteiger partial charge < -0.3 is 20.1 Å². The van der Waals surface area contributed by atoms with Crippen molar-refractivity contribution in [2.45, 2.75) is 32.7 Å². The molecule has 2 rings (SSSR count). The highest BCUT2D eigenvalue weighted by Crippen LogP contribution is 2.27. The van der Waals surface area contributed by atoms with E-state index in [0.717, 1.165) is 5.56 Å². The Labute approximate surface area is 165 Å². The Morgan fingerprint density at radius 1 is 0.964 bits per heavy atom. The molecule has 0 radical (unpaired) electrons. The number of nitrogens with one attached hydrogen (secondary N) is 2. The monoisotopic (exact) mass is 385 g/mol. The molecular weight excluding hydrogens is 358 g/mol. The molecule has 28 heavy (non-hydrogen) atoms. The van der Waals surface area contributed by atoms with Gasteiger partial charge in [-0.3, -0.25) is 9.59 Å². The molecule has 0 aliphatic carbocycles. The van der Waals surface area contributed by atoms with Crippen LogP contribution in [-0.4, -0.2) is 43.1 Å². The van der Waals surface area contributed by atoms with Crippen molar-refractivity contribution in [1.82, 2.24) is 15.6 Å². The Morgan fingerprint density at radius 2 is 1.61 bits per heavy atom. The number of amides is 2. The number of ether oxygens (including phenoxy) is 2. The van der Waals surface area contributed by atoms with Gasteiger partial charge in [0.05, 0.1) is 14.2 Å². The smallest absolute Gasteiger partial charge is 0.270 e. The normalized spacial score (nSPS) is 10.9. The molecule has 0 bridgehead atoms. The van der Waals surface area contributed by atoms with Gasteiger partial charge in [-0.1, -0.05) is 12.1 Å². The van der Waals surface area contributed by atoms with Crippen LogP contribution in [0.1, 0.15) is 47.3 Å². The van der Waals surface area contributed by atoms with Gasteiger partial charge >= 0.3 is 0 Å². The minimum absolute atomic E-state index is 0.203. The number of methoxy groups -OCH3 is 2. The van der Waals surface area contributed by atoms with Crippen molar-refractivity contribution in [2.75, 3.05) is 20.8 Å². The molecular formula is C21H27N3O4. The van der Waals surface area contributed by atoms with Crippen molar-refractivity contribution >= 4 is 11.8 Å². The first kappa shape index (κ1) is 21.2. The predicted molar refractivity (Wildman–Crippen MR) is 107 cm³/mol. The van der Waals surface area contributed by atoms with Crippen molar-refractivity contribution in [3.63, 3.8) is 0 Å². The van der Waals surface area contributed by atoms with Crippen molar-refractivity contribution in [3.8, 4) is 11.5 Å². The third kappa shape index (κ3) is 5.97. The first-order valence-corrected chi connectivity index (χ1v) is 9.02. The minimum Gasteiger partial charge on any atom is -0.493 e. The fourth-order valence-corrected chi connectivity index (χ4v) is 2.54. The van der Waals surface area contributed by atoms with Gasteiger partial charge in [0.25, 0.3) is 11.8 Å². The van der Waals surface area contributed by atoms with Gasteiger partial charge in [0.2, 0.25) is 0 Å². The molecule has 2 aromatic rings.